The van der Waals surface area contributed by atoms with Crippen LogP contribution in [0.25, 0.3) is 10.8 Å². The summed E-state index contributed by atoms with van der Waals surface area (Å²) in [5, 5.41) is 2.09. The first-order chi connectivity index (χ1) is 9.75. The minimum atomic E-state index is 0.0356. The highest BCUT2D eigenvalue weighted by Crippen LogP contribution is 2.31. The number of hydrogen-bond acceptors (Lipinski definition) is 3. The van der Waals surface area contributed by atoms with Crippen LogP contribution in [0, 0.1) is 5.92 Å². The van der Waals surface area contributed by atoms with Crippen molar-refractivity contribution in [3.63, 3.8) is 0 Å². The fourth-order valence-electron chi connectivity index (χ4n) is 2.59. The molecule has 0 amide bonds. The van der Waals surface area contributed by atoms with E-state index in [4.69, 9.17) is 9.47 Å². The maximum Gasteiger partial charge on any atom is 0.163 e. The smallest absolute Gasteiger partial charge is 0.163 e. The van der Waals surface area contributed by atoms with Gasteiger partial charge in [0.1, 0.15) is 5.75 Å². The van der Waals surface area contributed by atoms with Gasteiger partial charge in [0.05, 0.1) is 18.8 Å². The average Bonchev–Trinajstić information content (AvgIpc) is 2.97. The zero-order valence-electron chi connectivity index (χ0n) is 11.6. The second-order valence-electron chi connectivity index (χ2n) is 5.26. The van der Waals surface area contributed by atoms with Crippen molar-refractivity contribution in [3.8, 4) is 5.75 Å². The van der Waals surface area contributed by atoms with E-state index in [0.717, 1.165) is 30.4 Å². The molecule has 0 spiro atoms. The Morgan fingerprint density at radius 3 is 2.90 bits per heavy atom. The summed E-state index contributed by atoms with van der Waals surface area (Å²) in [6.07, 6.45) is 1.03. The second-order valence-corrected chi connectivity index (χ2v) is 5.26. The van der Waals surface area contributed by atoms with Crippen molar-refractivity contribution in [3.05, 3.63) is 42.0 Å². The average molecular weight is 270 g/mol. The number of ketones is 1. The molecule has 1 aliphatic heterocycles. The number of ether oxygens (including phenoxy) is 2. The van der Waals surface area contributed by atoms with Crippen LogP contribution >= 0.6 is 0 Å². The van der Waals surface area contributed by atoms with Gasteiger partial charge in [-0.25, -0.2) is 0 Å². The molecular weight excluding hydrogens is 252 g/mol. The predicted molar refractivity (Wildman–Crippen MR) is 78.4 cm³/mol. The Kier molecular flexibility index (Phi) is 3.70. The van der Waals surface area contributed by atoms with Crippen molar-refractivity contribution >= 4 is 16.6 Å². The van der Waals surface area contributed by atoms with Crippen LogP contribution in [0.2, 0.25) is 0 Å². The molecule has 0 aromatic heterocycles. The normalized spacial score (nSPS) is 18.4. The molecule has 104 valence electrons. The molecule has 3 heteroatoms. The summed E-state index contributed by atoms with van der Waals surface area (Å²) in [4.78, 5) is 11.8. The molecule has 0 bridgehead atoms. The fraction of sp³-hybridized carbons (Fsp3) is 0.353. The minimum Gasteiger partial charge on any atom is -0.492 e. The lowest BCUT2D eigenvalue weighted by Gasteiger charge is -2.15. The molecule has 1 fully saturated rings. The van der Waals surface area contributed by atoms with Crippen LogP contribution in [0.15, 0.2) is 36.4 Å². The Balaban J connectivity index is 1.96. The van der Waals surface area contributed by atoms with Gasteiger partial charge >= 0.3 is 0 Å². The Hall–Kier alpha value is -1.87. The van der Waals surface area contributed by atoms with Gasteiger partial charge in [-0.2, -0.15) is 0 Å². The molecule has 0 aliphatic carbocycles. The van der Waals surface area contributed by atoms with Crippen LogP contribution in [0.5, 0.6) is 5.75 Å². The molecule has 0 radical (unpaired) electrons. The quantitative estimate of drug-likeness (QED) is 0.798. The van der Waals surface area contributed by atoms with E-state index in [9.17, 15) is 4.79 Å². The summed E-state index contributed by atoms with van der Waals surface area (Å²) < 4.78 is 11.4. The van der Waals surface area contributed by atoms with Crippen LogP contribution in [0.4, 0.5) is 0 Å². The van der Waals surface area contributed by atoms with E-state index < -0.39 is 0 Å². The second kappa shape index (κ2) is 5.63. The minimum absolute atomic E-state index is 0.0356. The van der Waals surface area contributed by atoms with Crippen molar-refractivity contribution in [1.29, 1.82) is 0 Å². The summed E-state index contributed by atoms with van der Waals surface area (Å²) >= 11 is 0. The van der Waals surface area contributed by atoms with Gasteiger partial charge in [0.2, 0.25) is 0 Å². The molecule has 1 unspecified atom stereocenters. The van der Waals surface area contributed by atoms with Gasteiger partial charge in [0, 0.05) is 17.9 Å². The Bertz CT molecular complexity index is 627. The number of fused-ring (bicyclic) bond motifs is 1. The standard InChI is InChI=1S/C17H18O3/c1-12(18)15-7-6-14-4-2-3-5-16(14)17(15)20-11-13-8-9-19-10-13/h2-7,13H,8-11H2,1H3. The molecule has 3 rings (SSSR count). The topological polar surface area (TPSA) is 35.5 Å². The van der Waals surface area contributed by atoms with Crippen LogP contribution in [0.3, 0.4) is 0 Å². The van der Waals surface area contributed by atoms with Gasteiger partial charge in [0.25, 0.3) is 0 Å². The fourth-order valence-corrected chi connectivity index (χ4v) is 2.59. The summed E-state index contributed by atoms with van der Waals surface area (Å²) in [6, 6.07) is 11.8. The highest BCUT2D eigenvalue weighted by atomic mass is 16.5. The van der Waals surface area contributed by atoms with Crippen LogP contribution < -0.4 is 4.74 Å². The third-order valence-electron chi connectivity index (χ3n) is 3.75. The van der Waals surface area contributed by atoms with Crippen molar-refractivity contribution in [2.75, 3.05) is 19.8 Å². The van der Waals surface area contributed by atoms with Crippen molar-refractivity contribution in [2.45, 2.75) is 13.3 Å². The highest BCUT2D eigenvalue weighted by Gasteiger charge is 2.19. The molecule has 1 atom stereocenters. The first-order valence-electron chi connectivity index (χ1n) is 6.99. The van der Waals surface area contributed by atoms with Gasteiger partial charge in [-0.3, -0.25) is 4.79 Å². The molecule has 1 aliphatic rings. The van der Waals surface area contributed by atoms with E-state index in [1.54, 1.807) is 6.92 Å². The monoisotopic (exact) mass is 270 g/mol. The van der Waals surface area contributed by atoms with Gasteiger partial charge < -0.3 is 9.47 Å². The number of Topliss-reactive ketones (excluding diaryl/α,β-unsaturated/α-hetero) is 1. The number of carbonyl (C=O) groups is 1. The van der Waals surface area contributed by atoms with Gasteiger partial charge in [0.15, 0.2) is 5.78 Å². The molecule has 0 N–H and O–H groups in total. The molecule has 3 nitrogen and oxygen atoms in total. The molecule has 1 saturated heterocycles. The SMILES string of the molecule is CC(=O)c1ccc2ccccc2c1OCC1CCOC1. The van der Waals surface area contributed by atoms with E-state index >= 15 is 0 Å². The maximum absolute atomic E-state index is 11.8. The molecule has 1 heterocycles. The Morgan fingerprint density at radius 2 is 2.15 bits per heavy atom. The molecule has 2 aromatic carbocycles. The van der Waals surface area contributed by atoms with Gasteiger partial charge in [-0.1, -0.05) is 30.3 Å². The van der Waals surface area contributed by atoms with Gasteiger partial charge in [-0.05, 0) is 24.8 Å². The zero-order chi connectivity index (χ0) is 13.9. The number of rotatable bonds is 4. The summed E-state index contributed by atoms with van der Waals surface area (Å²) in [5.74, 6) is 1.17. The van der Waals surface area contributed by atoms with Crippen molar-refractivity contribution < 1.29 is 14.3 Å². The van der Waals surface area contributed by atoms with E-state index in [1.165, 1.54) is 0 Å². The van der Waals surface area contributed by atoms with Crippen LogP contribution in [-0.2, 0) is 4.74 Å². The lowest BCUT2D eigenvalue weighted by atomic mass is 10.0. The van der Waals surface area contributed by atoms with Crippen LogP contribution in [0.1, 0.15) is 23.7 Å². The molecule has 20 heavy (non-hydrogen) atoms. The number of benzene rings is 2. The maximum atomic E-state index is 11.8. The third kappa shape index (κ3) is 2.54. The van der Waals surface area contributed by atoms with Crippen LogP contribution in [-0.4, -0.2) is 25.6 Å². The zero-order valence-corrected chi connectivity index (χ0v) is 11.6. The van der Waals surface area contributed by atoms with Gasteiger partial charge in [-0.15, -0.1) is 0 Å². The van der Waals surface area contributed by atoms with Crippen molar-refractivity contribution in [2.24, 2.45) is 5.92 Å². The first-order valence-corrected chi connectivity index (χ1v) is 6.99. The lowest BCUT2D eigenvalue weighted by Crippen LogP contribution is -2.13. The first kappa shape index (κ1) is 13.1. The van der Waals surface area contributed by atoms with Crippen molar-refractivity contribution in [1.82, 2.24) is 0 Å². The highest BCUT2D eigenvalue weighted by molar-refractivity contribution is 6.03. The van der Waals surface area contributed by atoms with E-state index in [2.05, 4.69) is 0 Å². The Morgan fingerprint density at radius 1 is 1.30 bits per heavy atom. The molecular formula is C17H18O3. The molecule has 0 saturated carbocycles. The molecule has 2 aromatic rings. The number of carbonyl (C=O) groups excluding carboxylic acids is 1. The summed E-state index contributed by atoms with van der Waals surface area (Å²) in [6.45, 7) is 3.74. The number of hydrogen-bond donors (Lipinski definition) is 0. The van der Waals surface area contributed by atoms with E-state index in [0.29, 0.717) is 23.8 Å². The van der Waals surface area contributed by atoms with E-state index in [-0.39, 0.29) is 5.78 Å². The summed E-state index contributed by atoms with van der Waals surface area (Å²) in [5.41, 5.74) is 0.655. The summed E-state index contributed by atoms with van der Waals surface area (Å²) in [7, 11) is 0. The predicted octanol–water partition coefficient (Wildman–Crippen LogP) is 3.46. The third-order valence-corrected chi connectivity index (χ3v) is 3.75. The Labute approximate surface area is 118 Å². The lowest BCUT2D eigenvalue weighted by molar-refractivity contribution is 0.101. The van der Waals surface area contributed by atoms with E-state index in [1.807, 2.05) is 36.4 Å². The largest absolute Gasteiger partial charge is 0.492 e.